The Morgan fingerprint density at radius 1 is 1.07 bits per heavy atom. The lowest BCUT2D eigenvalue weighted by atomic mass is 10.1. The summed E-state index contributed by atoms with van der Waals surface area (Å²) in [6, 6.07) is 11.8. The van der Waals surface area contributed by atoms with Gasteiger partial charge < -0.3 is 4.74 Å². The van der Waals surface area contributed by atoms with E-state index in [1.807, 2.05) is 0 Å². The van der Waals surface area contributed by atoms with Crippen molar-refractivity contribution in [2.24, 2.45) is 0 Å². The molecule has 150 valence electrons. The molecule has 7 heteroatoms. The van der Waals surface area contributed by atoms with Gasteiger partial charge in [-0.05, 0) is 67.3 Å². The van der Waals surface area contributed by atoms with E-state index in [0.717, 1.165) is 22.6 Å². The first kappa shape index (κ1) is 20.7. The fourth-order valence-corrected chi connectivity index (χ4v) is 3.11. The molecule has 0 radical (unpaired) electrons. The summed E-state index contributed by atoms with van der Waals surface area (Å²) in [5.41, 5.74) is 0.959. The van der Waals surface area contributed by atoms with Crippen molar-refractivity contribution >= 4 is 35.5 Å². The Labute approximate surface area is 172 Å². The van der Waals surface area contributed by atoms with Crippen LogP contribution in [-0.2, 0) is 14.3 Å². The molecule has 29 heavy (non-hydrogen) atoms. The number of nitrogens with zero attached hydrogens (tertiary/aromatic N) is 1. The van der Waals surface area contributed by atoms with Crippen LogP contribution in [-0.4, -0.2) is 35.3 Å². The highest BCUT2D eigenvalue weighted by Crippen LogP contribution is 2.19. The maximum absolute atomic E-state index is 13.1. The van der Waals surface area contributed by atoms with E-state index in [4.69, 9.17) is 16.3 Å². The Kier molecular flexibility index (Phi) is 6.77. The van der Waals surface area contributed by atoms with Gasteiger partial charge in [0.15, 0.2) is 6.10 Å². The molecule has 0 aliphatic carbocycles. The number of likely N-dealkylation sites (tertiary alicyclic amines) is 1. The average Bonchev–Trinajstić information content (AvgIpc) is 2.89. The predicted molar refractivity (Wildman–Crippen MR) is 107 cm³/mol. The van der Waals surface area contributed by atoms with Crippen molar-refractivity contribution in [1.82, 2.24) is 4.90 Å². The zero-order valence-corrected chi connectivity index (χ0v) is 16.3. The first-order valence-corrected chi connectivity index (χ1v) is 9.57. The van der Waals surface area contributed by atoms with Gasteiger partial charge in [0.1, 0.15) is 5.82 Å². The molecular weight excluding hydrogens is 397 g/mol. The van der Waals surface area contributed by atoms with Gasteiger partial charge in [0.25, 0.3) is 11.8 Å². The summed E-state index contributed by atoms with van der Waals surface area (Å²) in [7, 11) is 0. The van der Waals surface area contributed by atoms with E-state index in [1.54, 1.807) is 30.3 Å². The van der Waals surface area contributed by atoms with E-state index >= 15 is 0 Å². The van der Waals surface area contributed by atoms with E-state index < -0.39 is 29.7 Å². The number of carbonyl (C=O) groups excluding carboxylic acids is 3. The van der Waals surface area contributed by atoms with Gasteiger partial charge in [0.05, 0.1) is 0 Å². The van der Waals surface area contributed by atoms with Crippen molar-refractivity contribution in [3.05, 3.63) is 76.6 Å². The lowest BCUT2D eigenvalue weighted by molar-refractivity contribution is -0.154. The Balaban J connectivity index is 1.67. The van der Waals surface area contributed by atoms with Gasteiger partial charge in [-0.25, -0.2) is 9.18 Å². The first-order chi connectivity index (χ1) is 13.9. The maximum atomic E-state index is 13.1. The summed E-state index contributed by atoms with van der Waals surface area (Å²) in [4.78, 5) is 38.7. The number of halogens is 2. The van der Waals surface area contributed by atoms with Crippen LogP contribution < -0.4 is 0 Å². The molecule has 0 spiro atoms. The van der Waals surface area contributed by atoms with Crippen LogP contribution >= 0.6 is 11.6 Å². The minimum absolute atomic E-state index is 0.203. The van der Waals surface area contributed by atoms with Crippen molar-refractivity contribution in [2.45, 2.75) is 25.4 Å². The van der Waals surface area contributed by atoms with Crippen LogP contribution in [0, 0.1) is 5.82 Å². The molecule has 0 saturated carbocycles. The van der Waals surface area contributed by atoms with Crippen molar-refractivity contribution in [1.29, 1.82) is 0 Å². The molecular formula is C22H19ClFNO4. The summed E-state index contributed by atoms with van der Waals surface area (Å²) in [5.74, 6) is -2.24. The Bertz CT molecular complexity index is 925. The molecule has 0 bridgehead atoms. The third-order valence-corrected chi connectivity index (χ3v) is 4.77. The largest absolute Gasteiger partial charge is 0.449 e. The second kappa shape index (κ2) is 9.47. The number of imide groups is 1. The molecule has 1 aliphatic heterocycles. The number of esters is 1. The third-order valence-electron chi connectivity index (χ3n) is 4.52. The number of amides is 2. The normalized spacial score (nSPS) is 17.2. The summed E-state index contributed by atoms with van der Waals surface area (Å²) in [6.07, 6.45) is 3.33. The number of hydrogen-bond acceptors (Lipinski definition) is 4. The summed E-state index contributed by atoms with van der Waals surface area (Å²) >= 11 is 5.82. The molecule has 2 amide bonds. The number of ether oxygens (including phenoxy) is 1. The number of rotatable bonds is 4. The minimum atomic E-state index is -1.04. The van der Waals surface area contributed by atoms with E-state index in [1.165, 1.54) is 18.2 Å². The second-order valence-electron chi connectivity index (χ2n) is 6.61. The molecule has 1 heterocycles. The maximum Gasteiger partial charge on any atom is 0.331 e. The number of carbonyl (C=O) groups is 3. The number of hydrogen-bond donors (Lipinski definition) is 0. The van der Waals surface area contributed by atoms with E-state index in [0.29, 0.717) is 24.3 Å². The van der Waals surface area contributed by atoms with Crippen LogP contribution in [0.4, 0.5) is 4.39 Å². The molecule has 1 fully saturated rings. The smallest absolute Gasteiger partial charge is 0.331 e. The van der Waals surface area contributed by atoms with Crippen LogP contribution in [0.5, 0.6) is 0 Å². The predicted octanol–water partition coefficient (Wildman–Crippen LogP) is 4.26. The third kappa shape index (κ3) is 5.51. The quantitative estimate of drug-likeness (QED) is 0.425. The van der Waals surface area contributed by atoms with Gasteiger partial charge in [-0.1, -0.05) is 23.7 Å². The molecule has 0 N–H and O–H groups in total. The van der Waals surface area contributed by atoms with Crippen LogP contribution in [0.3, 0.4) is 0 Å². The average molecular weight is 416 g/mol. The fraction of sp³-hybridized carbons (Fsp3) is 0.227. The lowest BCUT2D eigenvalue weighted by Crippen LogP contribution is -2.43. The van der Waals surface area contributed by atoms with Gasteiger partial charge in [-0.3, -0.25) is 14.5 Å². The SMILES string of the molecule is O=C(/C=C/c1ccc(Cl)cc1)OC1CCCCN(C(=O)c2ccc(F)cc2)C1=O. The van der Waals surface area contributed by atoms with Gasteiger partial charge in [-0.2, -0.15) is 0 Å². The molecule has 1 saturated heterocycles. The van der Waals surface area contributed by atoms with Crippen molar-refractivity contribution in [3.63, 3.8) is 0 Å². The zero-order valence-electron chi connectivity index (χ0n) is 15.5. The van der Waals surface area contributed by atoms with Crippen LogP contribution in [0.25, 0.3) is 6.08 Å². The molecule has 2 aromatic rings. The molecule has 1 unspecified atom stereocenters. The van der Waals surface area contributed by atoms with Crippen molar-refractivity contribution in [2.75, 3.05) is 6.54 Å². The van der Waals surface area contributed by atoms with Crippen LogP contribution in [0.1, 0.15) is 35.2 Å². The van der Waals surface area contributed by atoms with E-state index in [-0.39, 0.29) is 12.1 Å². The minimum Gasteiger partial charge on any atom is -0.449 e. The highest BCUT2D eigenvalue weighted by atomic mass is 35.5. The molecule has 0 aromatic heterocycles. The molecule has 1 atom stereocenters. The van der Waals surface area contributed by atoms with E-state index in [9.17, 15) is 18.8 Å². The van der Waals surface area contributed by atoms with Gasteiger partial charge >= 0.3 is 5.97 Å². The first-order valence-electron chi connectivity index (χ1n) is 9.19. The van der Waals surface area contributed by atoms with Gasteiger partial charge in [0, 0.05) is 23.2 Å². The highest BCUT2D eigenvalue weighted by molar-refractivity contribution is 6.30. The number of benzene rings is 2. The lowest BCUT2D eigenvalue weighted by Gasteiger charge is -2.22. The fourth-order valence-electron chi connectivity index (χ4n) is 2.98. The topological polar surface area (TPSA) is 63.7 Å². The standard InChI is InChI=1S/C22H19ClFNO4/c23-17-9-4-15(5-10-17)6-13-20(26)29-19-3-1-2-14-25(22(19)28)21(27)16-7-11-18(24)12-8-16/h4-13,19H,1-3,14H2/b13-6+. The monoisotopic (exact) mass is 415 g/mol. The zero-order chi connectivity index (χ0) is 20.8. The van der Waals surface area contributed by atoms with Crippen LogP contribution in [0.15, 0.2) is 54.6 Å². The second-order valence-corrected chi connectivity index (χ2v) is 7.04. The van der Waals surface area contributed by atoms with Gasteiger partial charge in [0.2, 0.25) is 0 Å². The molecule has 1 aliphatic rings. The van der Waals surface area contributed by atoms with E-state index in [2.05, 4.69) is 0 Å². The van der Waals surface area contributed by atoms with Crippen LogP contribution in [0.2, 0.25) is 5.02 Å². The van der Waals surface area contributed by atoms with Crippen molar-refractivity contribution in [3.8, 4) is 0 Å². The molecule has 5 nitrogen and oxygen atoms in total. The molecule has 2 aromatic carbocycles. The Morgan fingerprint density at radius 3 is 2.45 bits per heavy atom. The summed E-state index contributed by atoms with van der Waals surface area (Å²) in [5, 5.41) is 0.583. The van der Waals surface area contributed by atoms with Gasteiger partial charge in [-0.15, -0.1) is 0 Å². The summed E-state index contributed by atoms with van der Waals surface area (Å²) in [6.45, 7) is 0.226. The van der Waals surface area contributed by atoms with Crippen molar-refractivity contribution < 1.29 is 23.5 Å². The Morgan fingerprint density at radius 2 is 1.76 bits per heavy atom. The Hall–Kier alpha value is -2.99. The molecule has 3 rings (SSSR count). The summed E-state index contributed by atoms with van der Waals surface area (Å²) < 4.78 is 18.4. The highest BCUT2D eigenvalue weighted by Gasteiger charge is 2.33.